The first-order valence-corrected chi connectivity index (χ1v) is 7.22. The number of nitrogens with two attached hydrogens (primary N) is 1. The number of hydrogen-bond acceptors (Lipinski definition) is 3. The van der Waals surface area contributed by atoms with Crippen molar-refractivity contribution in [2.24, 2.45) is 5.73 Å². The Morgan fingerprint density at radius 2 is 2.35 bits per heavy atom. The van der Waals surface area contributed by atoms with Crippen molar-refractivity contribution in [3.63, 3.8) is 0 Å². The Balaban J connectivity index is 2.14. The van der Waals surface area contributed by atoms with Gasteiger partial charge in [-0.1, -0.05) is 0 Å². The van der Waals surface area contributed by atoms with Crippen LogP contribution in [0.2, 0.25) is 0 Å². The van der Waals surface area contributed by atoms with E-state index in [1.807, 2.05) is 22.6 Å². The van der Waals surface area contributed by atoms with Crippen LogP contribution in [0.4, 0.5) is 0 Å². The maximum Gasteiger partial charge on any atom is 0.255 e. The van der Waals surface area contributed by atoms with Gasteiger partial charge in [-0.15, -0.1) is 0 Å². The largest absolute Gasteiger partial charge is 0.336 e. The fraction of sp³-hybridized carbons (Fsp3) is 0.615. The number of aryl methyl sites for hydroxylation is 1. The van der Waals surface area contributed by atoms with Crippen molar-refractivity contribution in [3.05, 3.63) is 21.9 Å². The predicted molar refractivity (Wildman–Crippen MR) is 71.4 cm³/mol. The second-order valence-electron chi connectivity index (χ2n) is 4.69. The lowest BCUT2D eigenvalue weighted by molar-refractivity contribution is 0.0605. The summed E-state index contributed by atoms with van der Waals surface area (Å²) < 4.78 is 0. The van der Waals surface area contributed by atoms with Crippen LogP contribution in [-0.4, -0.2) is 29.9 Å². The maximum atomic E-state index is 12.5. The highest BCUT2D eigenvalue weighted by atomic mass is 32.1. The molecule has 0 bridgehead atoms. The Hall–Kier alpha value is -0.870. The molecule has 1 unspecified atom stereocenters. The van der Waals surface area contributed by atoms with Crippen molar-refractivity contribution in [1.29, 1.82) is 0 Å². The van der Waals surface area contributed by atoms with E-state index >= 15 is 0 Å². The number of rotatable bonds is 3. The molecule has 2 N–H and O–H groups in total. The Morgan fingerprint density at radius 1 is 1.53 bits per heavy atom. The van der Waals surface area contributed by atoms with Crippen LogP contribution < -0.4 is 5.73 Å². The minimum absolute atomic E-state index is 0.196. The van der Waals surface area contributed by atoms with Crippen LogP contribution in [0.3, 0.4) is 0 Å². The molecule has 0 aromatic carbocycles. The zero-order valence-corrected chi connectivity index (χ0v) is 11.1. The number of amides is 1. The van der Waals surface area contributed by atoms with Crippen LogP contribution in [-0.2, 0) is 0 Å². The van der Waals surface area contributed by atoms with Gasteiger partial charge in [0.15, 0.2) is 0 Å². The number of carbonyl (C=O) groups is 1. The summed E-state index contributed by atoms with van der Waals surface area (Å²) in [6, 6.07) is 0.348. The highest BCUT2D eigenvalue weighted by molar-refractivity contribution is 7.08. The van der Waals surface area contributed by atoms with Gasteiger partial charge in [-0.25, -0.2) is 0 Å². The monoisotopic (exact) mass is 252 g/mol. The van der Waals surface area contributed by atoms with Gasteiger partial charge in [0.2, 0.25) is 0 Å². The fourth-order valence-corrected chi connectivity index (χ4v) is 3.32. The van der Waals surface area contributed by atoms with Crippen LogP contribution in [0.5, 0.6) is 0 Å². The van der Waals surface area contributed by atoms with E-state index in [0.29, 0.717) is 12.6 Å². The molecule has 94 valence electrons. The Bertz CT molecular complexity index is 387. The highest BCUT2D eigenvalue weighted by Gasteiger charge is 2.27. The summed E-state index contributed by atoms with van der Waals surface area (Å²) in [7, 11) is 0. The number of carbonyl (C=O) groups excluding carboxylic acids is 1. The summed E-state index contributed by atoms with van der Waals surface area (Å²) in [6.45, 7) is 3.56. The third kappa shape index (κ3) is 2.69. The van der Waals surface area contributed by atoms with E-state index in [9.17, 15) is 4.79 Å². The lowest BCUT2D eigenvalue weighted by Crippen LogP contribution is -2.44. The summed E-state index contributed by atoms with van der Waals surface area (Å²) >= 11 is 1.60. The molecule has 2 heterocycles. The molecule has 1 amide bonds. The molecule has 1 aromatic rings. The molecule has 0 radical (unpaired) electrons. The quantitative estimate of drug-likeness (QED) is 0.898. The van der Waals surface area contributed by atoms with Crippen LogP contribution in [0.15, 0.2) is 10.8 Å². The number of thiophene rings is 1. The molecular weight excluding hydrogens is 232 g/mol. The second-order valence-corrected chi connectivity index (χ2v) is 5.44. The molecule has 1 fully saturated rings. The maximum absolute atomic E-state index is 12.5. The number of hydrogen-bond donors (Lipinski definition) is 1. The first-order chi connectivity index (χ1) is 8.24. The first kappa shape index (κ1) is 12.6. The molecule has 2 rings (SSSR count). The van der Waals surface area contributed by atoms with E-state index in [1.54, 1.807) is 11.3 Å². The molecule has 0 aliphatic carbocycles. The summed E-state index contributed by atoms with van der Waals surface area (Å²) in [5.41, 5.74) is 7.60. The Morgan fingerprint density at radius 3 is 3.00 bits per heavy atom. The number of likely N-dealkylation sites (tertiary alicyclic amines) is 1. The van der Waals surface area contributed by atoms with Crippen molar-refractivity contribution in [2.75, 3.05) is 13.1 Å². The topological polar surface area (TPSA) is 46.3 Å². The van der Waals surface area contributed by atoms with E-state index in [2.05, 4.69) is 0 Å². The molecule has 1 aliphatic rings. The molecule has 3 nitrogen and oxygen atoms in total. The Kier molecular flexibility index (Phi) is 4.18. The average molecular weight is 252 g/mol. The van der Waals surface area contributed by atoms with Gasteiger partial charge >= 0.3 is 0 Å². The lowest BCUT2D eigenvalue weighted by Gasteiger charge is -2.35. The molecular formula is C13H20N2OS. The Labute approximate surface area is 107 Å². The minimum Gasteiger partial charge on any atom is -0.336 e. The van der Waals surface area contributed by atoms with Gasteiger partial charge in [0.25, 0.3) is 5.91 Å². The molecule has 4 heteroatoms. The smallest absolute Gasteiger partial charge is 0.255 e. The van der Waals surface area contributed by atoms with E-state index in [4.69, 9.17) is 5.73 Å². The van der Waals surface area contributed by atoms with Crippen LogP contribution in [0.1, 0.15) is 41.6 Å². The van der Waals surface area contributed by atoms with Crippen molar-refractivity contribution in [2.45, 2.75) is 38.6 Å². The van der Waals surface area contributed by atoms with Gasteiger partial charge in [-0.05, 0) is 50.1 Å². The second kappa shape index (κ2) is 5.65. The van der Waals surface area contributed by atoms with Crippen molar-refractivity contribution in [1.82, 2.24) is 4.90 Å². The van der Waals surface area contributed by atoms with Crippen LogP contribution in [0, 0.1) is 6.92 Å². The summed E-state index contributed by atoms with van der Waals surface area (Å²) in [5.74, 6) is 0.196. The molecule has 17 heavy (non-hydrogen) atoms. The first-order valence-electron chi connectivity index (χ1n) is 6.28. The van der Waals surface area contributed by atoms with Crippen molar-refractivity contribution in [3.8, 4) is 0 Å². The normalized spacial score (nSPS) is 20.6. The zero-order chi connectivity index (χ0) is 12.3. The van der Waals surface area contributed by atoms with Gasteiger partial charge < -0.3 is 10.6 Å². The van der Waals surface area contributed by atoms with Gasteiger partial charge in [0.1, 0.15) is 0 Å². The third-order valence-corrected chi connectivity index (χ3v) is 4.34. The van der Waals surface area contributed by atoms with Gasteiger partial charge in [-0.2, -0.15) is 11.3 Å². The molecule has 0 saturated carbocycles. The van der Waals surface area contributed by atoms with E-state index in [0.717, 1.165) is 36.9 Å². The number of nitrogens with zero attached hydrogens (tertiary/aromatic N) is 1. The third-order valence-electron chi connectivity index (χ3n) is 3.47. The number of piperidine rings is 1. The standard InChI is InChI=1S/C13H20N2OS/c1-10-8-17-9-12(10)13(16)15-7-3-2-4-11(15)5-6-14/h8-9,11H,2-7,14H2,1H3. The SMILES string of the molecule is Cc1cscc1C(=O)N1CCCCC1CCN. The molecule has 1 saturated heterocycles. The van der Waals surface area contributed by atoms with Gasteiger partial charge in [-0.3, -0.25) is 4.79 Å². The van der Waals surface area contributed by atoms with Crippen LogP contribution in [0.25, 0.3) is 0 Å². The molecule has 1 aromatic heterocycles. The van der Waals surface area contributed by atoms with Crippen molar-refractivity contribution >= 4 is 17.2 Å². The molecule has 1 aliphatic heterocycles. The molecule has 0 spiro atoms. The van der Waals surface area contributed by atoms with Gasteiger partial charge in [0, 0.05) is 18.0 Å². The van der Waals surface area contributed by atoms with E-state index in [-0.39, 0.29) is 5.91 Å². The van der Waals surface area contributed by atoms with E-state index in [1.165, 1.54) is 6.42 Å². The zero-order valence-electron chi connectivity index (χ0n) is 10.3. The summed E-state index contributed by atoms with van der Waals surface area (Å²) in [4.78, 5) is 14.5. The minimum atomic E-state index is 0.196. The van der Waals surface area contributed by atoms with Crippen LogP contribution >= 0.6 is 11.3 Å². The van der Waals surface area contributed by atoms with E-state index < -0.39 is 0 Å². The summed E-state index contributed by atoms with van der Waals surface area (Å²) in [5, 5.41) is 4.00. The average Bonchev–Trinajstić information content (AvgIpc) is 2.76. The fourth-order valence-electron chi connectivity index (χ4n) is 2.49. The highest BCUT2D eigenvalue weighted by Crippen LogP contribution is 2.24. The van der Waals surface area contributed by atoms with Crippen molar-refractivity contribution < 1.29 is 4.79 Å². The lowest BCUT2D eigenvalue weighted by atomic mass is 9.98. The predicted octanol–water partition coefficient (Wildman–Crippen LogP) is 2.40. The summed E-state index contributed by atoms with van der Waals surface area (Å²) in [6.07, 6.45) is 4.37. The molecule has 1 atom stereocenters. The van der Waals surface area contributed by atoms with Gasteiger partial charge in [0.05, 0.1) is 5.56 Å².